The number of rotatable bonds is 4. The number of anilines is 1. The molecule has 0 saturated carbocycles. The molecular weight excluding hydrogens is 212 g/mol. The fourth-order valence-corrected chi connectivity index (χ4v) is 1.02. The fourth-order valence-electron chi connectivity index (χ4n) is 1.02. The smallest absolute Gasteiger partial charge is 0.274 e. The Balaban J connectivity index is 2.64. The maximum absolute atomic E-state index is 11.6. The normalized spacial score (nSPS) is 14.5. The Morgan fingerprint density at radius 2 is 2.31 bits per heavy atom. The van der Waals surface area contributed by atoms with Crippen molar-refractivity contribution in [2.45, 2.75) is 19.4 Å². The van der Waals surface area contributed by atoms with Crippen molar-refractivity contribution in [2.75, 3.05) is 18.9 Å². The molecule has 1 unspecified atom stereocenters. The summed E-state index contributed by atoms with van der Waals surface area (Å²) in [6, 6.07) is 0. The van der Waals surface area contributed by atoms with Gasteiger partial charge in [0.25, 0.3) is 5.91 Å². The zero-order chi connectivity index (χ0) is 12.3. The van der Waals surface area contributed by atoms with Gasteiger partial charge in [-0.25, -0.2) is 0 Å². The summed E-state index contributed by atoms with van der Waals surface area (Å²) in [6.45, 7) is 2.59. The second-order valence-electron chi connectivity index (χ2n) is 3.95. The maximum atomic E-state index is 11.6. The molecule has 0 bridgehead atoms. The molecule has 90 valence electrons. The molecule has 0 aliphatic carbocycles. The molecule has 1 atom stereocenters. The lowest BCUT2D eigenvalue weighted by molar-refractivity contribution is 0.00317. The van der Waals surface area contributed by atoms with Crippen LogP contribution in [-0.4, -0.2) is 45.1 Å². The fraction of sp³-hybridized carbons (Fsp3) is 0.556. The molecule has 1 heterocycles. The summed E-state index contributed by atoms with van der Waals surface area (Å²) in [6.07, 6.45) is 0. The zero-order valence-electron chi connectivity index (χ0n) is 9.24. The van der Waals surface area contributed by atoms with Gasteiger partial charge in [0.15, 0.2) is 5.69 Å². The first kappa shape index (κ1) is 12.5. The van der Waals surface area contributed by atoms with Gasteiger partial charge in [0.1, 0.15) is 5.60 Å². The number of aromatic nitrogens is 2. The molecular formula is C9H16N4O3. The number of amides is 1. The van der Waals surface area contributed by atoms with Crippen LogP contribution < -0.4 is 11.1 Å². The highest BCUT2D eigenvalue weighted by atomic mass is 16.3. The van der Waals surface area contributed by atoms with Crippen LogP contribution in [0.4, 0.5) is 5.69 Å². The number of carbonyl (C=O) groups is 1. The van der Waals surface area contributed by atoms with Gasteiger partial charge in [0.05, 0.1) is 18.0 Å². The Bertz CT molecular complexity index is 386. The molecule has 0 spiro atoms. The van der Waals surface area contributed by atoms with E-state index in [1.807, 2.05) is 0 Å². The molecule has 0 aliphatic heterocycles. The van der Waals surface area contributed by atoms with Crippen LogP contribution >= 0.6 is 0 Å². The third-order valence-electron chi connectivity index (χ3n) is 2.18. The van der Waals surface area contributed by atoms with Crippen molar-refractivity contribution in [2.24, 2.45) is 0 Å². The van der Waals surface area contributed by atoms with Crippen molar-refractivity contribution in [3.63, 3.8) is 0 Å². The Labute approximate surface area is 92.7 Å². The van der Waals surface area contributed by atoms with Gasteiger partial charge < -0.3 is 21.3 Å². The number of aliphatic hydroxyl groups is 2. The highest BCUT2D eigenvalue weighted by Crippen LogP contribution is 2.12. The lowest BCUT2D eigenvalue weighted by Crippen LogP contribution is -2.43. The van der Waals surface area contributed by atoms with Crippen LogP contribution in [-0.2, 0) is 0 Å². The molecule has 0 saturated heterocycles. The van der Waals surface area contributed by atoms with E-state index in [0.29, 0.717) is 5.69 Å². The number of aromatic amines is 1. The van der Waals surface area contributed by atoms with E-state index in [4.69, 9.17) is 10.8 Å². The molecule has 1 aromatic rings. The molecule has 1 amide bonds. The van der Waals surface area contributed by atoms with Crippen molar-refractivity contribution >= 4 is 11.6 Å². The summed E-state index contributed by atoms with van der Waals surface area (Å²) in [5, 5.41) is 27.0. The van der Waals surface area contributed by atoms with Crippen LogP contribution in [0.3, 0.4) is 0 Å². The van der Waals surface area contributed by atoms with Crippen molar-refractivity contribution in [3.05, 3.63) is 11.4 Å². The number of nitrogens with one attached hydrogen (secondary N) is 2. The summed E-state index contributed by atoms with van der Waals surface area (Å²) in [4.78, 5) is 11.6. The van der Waals surface area contributed by atoms with Crippen molar-refractivity contribution in [1.29, 1.82) is 0 Å². The minimum absolute atomic E-state index is 0.0757. The highest BCUT2D eigenvalue weighted by Gasteiger charge is 2.22. The van der Waals surface area contributed by atoms with Crippen LogP contribution in [0.1, 0.15) is 23.1 Å². The number of aliphatic hydroxyl groups excluding tert-OH is 1. The molecule has 0 fully saturated rings. The number of nitrogens with two attached hydrogens (primary N) is 1. The quantitative estimate of drug-likeness (QED) is 0.441. The summed E-state index contributed by atoms with van der Waals surface area (Å²) in [5.41, 5.74) is 5.24. The first-order chi connectivity index (χ1) is 7.37. The minimum atomic E-state index is -1.35. The summed E-state index contributed by atoms with van der Waals surface area (Å²) in [5.74, 6) is -0.490. The van der Waals surface area contributed by atoms with Crippen LogP contribution in [0.15, 0.2) is 0 Å². The van der Waals surface area contributed by atoms with Gasteiger partial charge in [-0.2, -0.15) is 5.10 Å². The van der Waals surface area contributed by atoms with E-state index in [9.17, 15) is 9.90 Å². The molecule has 16 heavy (non-hydrogen) atoms. The van der Waals surface area contributed by atoms with Crippen LogP contribution in [0.5, 0.6) is 0 Å². The predicted molar refractivity (Wildman–Crippen MR) is 57.8 cm³/mol. The third-order valence-corrected chi connectivity index (χ3v) is 2.18. The molecule has 1 rings (SSSR count). The van der Waals surface area contributed by atoms with E-state index in [1.165, 1.54) is 6.92 Å². The largest absolute Gasteiger partial charge is 0.395 e. The number of H-pyrrole nitrogens is 1. The molecule has 7 heteroatoms. The highest BCUT2D eigenvalue weighted by molar-refractivity contribution is 5.97. The Hall–Kier alpha value is -1.60. The average Bonchev–Trinajstić information content (AvgIpc) is 2.57. The lowest BCUT2D eigenvalue weighted by Gasteiger charge is -2.20. The van der Waals surface area contributed by atoms with E-state index in [-0.39, 0.29) is 17.9 Å². The lowest BCUT2D eigenvalue weighted by atomic mass is 10.1. The summed E-state index contributed by atoms with van der Waals surface area (Å²) in [7, 11) is 0. The molecule has 7 nitrogen and oxygen atoms in total. The molecule has 1 aromatic heterocycles. The molecule has 0 aromatic carbocycles. The molecule has 0 radical (unpaired) electrons. The van der Waals surface area contributed by atoms with Gasteiger partial charge >= 0.3 is 0 Å². The minimum Gasteiger partial charge on any atom is -0.395 e. The summed E-state index contributed by atoms with van der Waals surface area (Å²) < 4.78 is 0. The molecule has 6 N–H and O–H groups in total. The average molecular weight is 228 g/mol. The van der Waals surface area contributed by atoms with E-state index < -0.39 is 18.1 Å². The second-order valence-corrected chi connectivity index (χ2v) is 3.95. The maximum Gasteiger partial charge on any atom is 0.274 e. The predicted octanol–water partition coefficient (Wildman–Crippen LogP) is -1.23. The van der Waals surface area contributed by atoms with Crippen LogP contribution in [0.25, 0.3) is 0 Å². The third kappa shape index (κ3) is 2.71. The van der Waals surface area contributed by atoms with E-state index >= 15 is 0 Å². The van der Waals surface area contributed by atoms with Crippen LogP contribution in [0, 0.1) is 6.92 Å². The Morgan fingerprint density at radius 3 is 2.75 bits per heavy atom. The van der Waals surface area contributed by atoms with E-state index in [1.54, 1.807) is 6.92 Å². The standard InChI is InChI=1S/C9H16N4O3/c1-5-6(10)7(13-12-5)8(15)11-3-9(2,16)4-14/h14,16H,3-4,10H2,1-2H3,(H,11,15)(H,12,13). The second kappa shape index (κ2) is 4.50. The van der Waals surface area contributed by atoms with Gasteiger partial charge in [-0.1, -0.05) is 0 Å². The van der Waals surface area contributed by atoms with Gasteiger partial charge in [-0.05, 0) is 13.8 Å². The monoisotopic (exact) mass is 228 g/mol. The topological polar surface area (TPSA) is 124 Å². The number of nitrogen functional groups attached to an aromatic ring is 1. The number of carbonyl (C=O) groups excluding carboxylic acids is 1. The van der Waals surface area contributed by atoms with Gasteiger partial charge in [0, 0.05) is 6.54 Å². The van der Waals surface area contributed by atoms with Crippen LogP contribution in [0.2, 0.25) is 0 Å². The SMILES string of the molecule is Cc1[nH]nc(C(=O)NCC(C)(O)CO)c1N. The van der Waals surface area contributed by atoms with Gasteiger partial charge in [-0.3, -0.25) is 9.89 Å². The molecule has 0 aliphatic rings. The van der Waals surface area contributed by atoms with Crippen molar-refractivity contribution in [3.8, 4) is 0 Å². The zero-order valence-corrected chi connectivity index (χ0v) is 9.24. The number of hydrogen-bond donors (Lipinski definition) is 5. The first-order valence-corrected chi connectivity index (χ1v) is 4.79. The number of aryl methyl sites for hydroxylation is 1. The van der Waals surface area contributed by atoms with Gasteiger partial charge in [-0.15, -0.1) is 0 Å². The van der Waals surface area contributed by atoms with Gasteiger partial charge in [0.2, 0.25) is 0 Å². The van der Waals surface area contributed by atoms with E-state index in [2.05, 4.69) is 15.5 Å². The van der Waals surface area contributed by atoms with E-state index in [0.717, 1.165) is 0 Å². The number of hydrogen-bond acceptors (Lipinski definition) is 5. The summed E-state index contributed by atoms with van der Waals surface area (Å²) >= 11 is 0. The Morgan fingerprint density at radius 1 is 1.69 bits per heavy atom. The van der Waals surface area contributed by atoms with Crippen molar-refractivity contribution in [1.82, 2.24) is 15.5 Å². The number of nitrogens with zero attached hydrogens (tertiary/aromatic N) is 1. The first-order valence-electron chi connectivity index (χ1n) is 4.79. The Kier molecular flexibility index (Phi) is 3.51. The van der Waals surface area contributed by atoms with Crippen molar-refractivity contribution < 1.29 is 15.0 Å².